The summed E-state index contributed by atoms with van der Waals surface area (Å²) in [6.45, 7) is 6.13. The number of pyridine rings is 2. The Bertz CT molecular complexity index is 2080. The number of nitro groups is 2. The minimum absolute atomic E-state index is 0.0245. The molecule has 0 atom stereocenters. The van der Waals surface area contributed by atoms with Gasteiger partial charge in [-0.05, 0) is 69.8 Å². The van der Waals surface area contributed by atoms with Crippen molar-refractivity contribution >= 4 is 68.0 Å². The number of benzene rings is 2. The zero-order valence-corrected chi connectivity index (χ0v) is 27.6. The molecular weight excluding hydrogens is 659 g/mol. The first-order valence-corrected chi connectivity index (χ1v) is 15.8. The fourth-order valence-electron chi connectivity index (χ4n) is 5.17. The van der Waals surface area contributed by atoms with Crippen LogP contribution in [0, 0.1) is 34.1 Å². The summed E-state index contributed by atoms with van der Waals surface area (Å²) in [7, 11) is 0. The standard InChI is InChI=1S/2C16H16ClN5O2/c1-11-20-16(22(23)24)10-21(11)8-2-6-18-14-5-7-19-15-9-12(17)3-4-13(14)15;1-11-20-10-16(22(23)24)21(11)8-2-6-18-14-5-7-19-15-9-12(17)3-4-13(14)15/h2*3-5,7,9-10H,2,6,8H2,1H3,(H,18,19). The van der Waals surface area contributed by atoms with Crippen LogP contribution in [-0.2, 0) is 13.1 Å². The van der Waals surface area contributed by atoms with Gasteiger partial charge >= 0.3 is 11.6 Å². The van der Waals surface area contributed by atoms with Crippen LogP contribution < -0.4 is 10.6 Å². The predicted octanol–water partition coefficient (Wildman–Crippen LogP) is 7.61. The molecule has 2 aromatic carbocycles. The number of rotatable bonds is 12. The lowest BCUT2D eigenvalue weighted by molar-refractivity contribution is -0.392. The van der Waals surface area contributed by atoms with Gasteiger partial charge in [-0.25, -0.2) is 9.55 Å². The van der Waals surface area contributed by atoms with Crippen LogP contribution in [0.4, 0.5) is 23.0 Å². The van der Waals surface area contributed by atoms with Gasteiger partial charge in [-0.15, -0.1) is 0 Å². The van der Waals surface area contributed by atoms with Crippen molar-refractivity contribution < 1.29 is 9.85 Å². The molecule has 0 bridgehead atoms. The lowest BCUT2D eigenvalue weighted by atomic mass is 10.2. The van der Waals surface area contributed by atoms with Gasteiger partial charge in [0.1, 0.15) is 12.4 Å². The van der Waals surface area contributed by atoms with Crippen LogP contribution in [0.2, 0.25) is 10.0 Å². The highest BCUT2D eigenvalue weighted by Gasteiger charge is 2.17. The van der Waals surface area contributed by atoms with Gasteiger partial charge in [0, 0.05) is 84.5 Å². The summed E-state index contributed by atoms with van der Waals surface area (Å²) in [5.41, 5.74) is 3.63. The number of nitrogens with zero attached hydrogens (tertiary/aromatic N) is 8. The van der Waals surface area contributed by atoms with E-state index >= 15 is 0 Å². The van der Waals surface area contributed by atoms with Crippen molar-refractivity contribution in [3.8, 4) is 0 Å². The van der Waals surface area contributed by atoms with Gasteiger partial charge in [0.2, 0.25) is 5.82 Å². The second-order valence-corrected chi connectivity index (χ2v) is 11.6. The van der Waals surface area contributed by atoms with Crippen LogP contribution in [0.1, 0.15) is 24.5 Å². The van der Waals surface area contributed by atoms with E-state index in [-0.39, 0.29) is 11.6 Å². The molecule has 4 aromatic heterocycles. The highest BCUT2D eigenvalue weighted by molar-refractivity contribution is 6.31. The maximum Gasteiger partial charge on any atom is 0.381 e. The molecule has 0 aliphatic heterocycles. The minimum atomic E-state index is -0.476. The molecule has 0 unspecified atom stereocenters. The summed E-state index contributed by atoms with van der Waals surface area (Å²) in [5.74, 6) is 1.20. The van der Waals surface area contributed by atoms with Crippen LogP contribution in [-0.4, -0.2) is 52.0 Å². The monoisotopic (exact) mass is 690 g/mol. The number of imidazole rings is 2. The Hall–Kier alpha value is -5.34. The van der Waals surface area contributed by atoms with E-state index in [9.17, 15) is 20.2 Å². The zero-order valence-electron chi connectivity index (χ0n) is 26.1. The molecule has 0 amide bonds. The SMILES string of the molecule is Cc1nc([N+](=O)[O-])cn1CCCNc1ccnc2cc(Cl)ccc12.Cc1ncc([N+](=O)[O-])n1CCCNc1ccnc2cc(Cl)ccc12. The summed E-state index contributed by atoms with van der Waals surface area (Å²) in [4.78, 5) is 37.4. The average Bonchev–Trinajstić information content (AvgIpc) is 3.63. The Balaban J connectivity index is 0.000000188. The Labute approximate surface area is 285 Å². The van der Waals surface area contributed by atoms with Crippen LogP contribution in [0.3, 0.4) is 0 Å². The van der Waals surface area contributed by atoms with E-state index in [0.717, 1.165) is 52.6 Å². The van der Waals surface area contributed by atoms with Gasteiger partial charge in [-0.3, -0.25) is 9.97 Å². The fourth-order valence-corrected chi connectivity index (χ4v) is 5.50. The van der Waals surface area contributed by atoms with E-state index in [2.05, 4.69) is 30.6 Å². The first-order chi connectivity index (χ1) is 23.1. The summed E-state index contributed by atoms with van der Waals surface area (Å²) in [6, 6.07) is 15.0. The molecule has 0 saturated carbocycles. The van der Waals surface area contributed by atoms with Crippen LogP contribution in [0.5, 0.6) is 0 Å². The number of halogens is 2. The Morgan fingerprint density at radius 1 is 0.750 bits per heavy atom. The number of hydrogen-bond acceptors (Lipinski definition) is 10. The van der Waals surface area contributed by atoms with E-state index in [4.69, 9.17) is 23.2 Å². The molecule has 0 aliphatic rings. The quantitative estimate of drug-likeness (QED) is 0.0739. The number of nitrogens with one attached hydrogen (secondary N) is 2. The third-order valence-corrected chi connectivity index (χ3v) is 8.02. The van der Waals surface area contributed by atoms with Crippen LogP contribution in [0.15, 0.2) is 73.3 Å². The summed E-state index contributed by atoms with van der Waals surface area (Å²) in [6.07, 6.45) is 7.78. The lowest BCUT2D eigenvalue weighted by Crippen LogP contribution is -2.10. The third kappa shape index (κ3) is 8.32. The normalized spacial score (nSPS) is 10.9. The minimum Gasteiger partial charge on any atom is -0.384 e. The van der Waals surface area contributed by atoms with E-state index in [1.165, 1.54) is 12.4 Å². The second-order valence-electron chi connectivity index (χ2n) is 10.8. The maximum absolute atomic E-state index is 11.0. The largest absolute Gasteiger partial charge is 0.384 e. The molecule has 6 rings (SSSR count). The molecule has 0 spiro atoms. The third-order valence-electron chi connectivity index (χ3n) is 7.55. The van der Waals surface area contributed by atoms with Crippen molar-refractivity contribution in [2.45, 2.75) is 39.8 Å². The Morgan fingerprint density at radius 3 is 1.83 bits per heavy atom. The molecule has 2 N–H and O–H groups in total. The molecule has 0 fully saturated rings. The van der Waals surface area contributed by atoms with Crippen molar-refractivity contribution in [1.82, 2.24) is 29.1 Å². The van der Waals surface area contributed by atoms with E-state index in [1.807, 2.05) is 48.5 Å². The van der Waals surface area contributed by atoms with Gasteiger partial charge in [0.05, 0.1) is 17.6 Å². The lowest BCUT2D eigenvalue weighted by Gasteiger charge is -2.10. The van der Waals surface area contributed by atoms with Crippen LogP contribution in [0.25, 0.3) is 21.8 Å². The maximum atomic E-state index is 11.0. The Morgan fingerprint density at radius 2 is 1.31 bits per heavy atom. The summed E-state index contributed by atoms with van der Waals surface area (Å²) >= 11 is 12.0. The van der Waals surface area contributed by atoms with E-state index < -0.39 is 9.85 Å². The van der Waals surface area contributed by atoms with Crippen molar-refractivity contribution in [2.75, 3.05) is 23.7 Å². The first-order valence-electron chi connectivity index (χ1n) is 15.0. The average molecular weight is 692 g/mol. The number of aryl methyl sites for hydroxylation is 3. The van der Waals surface area contributed by atoms with Gasteiger partial charge in [-0.1, -0.05) is 23.2 Å². The molecule has 0 saturated heterocycles. The molecule has 6 aromatic rings. The van der Waals surface area contributed by atoms with Crippen molar-refractivity contribution in [3.05, 3.63) is 115 Å². The van der Waals surface area contributed by atoms with Gasteiger partial charge < -0.3 is 35.4 Å². The fraction of sp³-hybridized carbons (Fsp3) is 0.250. The van der Waals surface area contributed by atoms with Gasteiger partial charge in [-0.2, -0.15) is 0 Å². The first kappa shape index (κ1) is 34.0. The number of anilines is 2. The van der Waals surface area contributed by atoms with E-state index in [1.54, 1.807) is 35.4 Å². The van der Waals surface area contributed by atoms with Gasteiger partial charge in [0.25, 0.3) is 0 Å². The molecule has 48 heavy (non-hydrogen) atoms. The number of fused-ring (bicyclic) bond motifs is 2. The number of aromatic nitrogens is 6. The molecule has 4 heterocycles. The molecule has 248 valence electrons. The second kappa shape index (κ2) is 15.5. The van der Waals surface area contributed by atoms with Crippen molar-refractivity contribution in [1.29, 1.82) is 0 Å². The Kier molecular flexibility index (Phi) is 11.0. The molecule has 14 nitrogen and oxygen atoms in total. The zero-order chi connectivity index (χ0) is 34.2. The summed E-state index contributed by atoms with van der Waals surface area (Å²) < 4.78 is 3.41. The van der Waals surface area contributed by atoms with Crippen LogP contribution >= 0.6 is 23.2 Å². The molecule has 16 heteroatoms. The number of hydrogen-bond donors (Lipinski definition) is 2. The smallest absolute Gasteiger partial charge is 0.381 e. The molecule has 0 radical (unpaired) electrons. The van der Waals surface area contributed by atoms with Gasteiger partial charge in [0.15, 0.2) is 5.82 Å². The predicted molar refractivity (Wildman–Crippen MR) is 187 cm³/mol. The van der Waals surface area contributed by atoms with Crippen molar-refractivity contribution in [3.63, 3.8) is 0 Å². The highest BCUT2D eigenvalue weighted by Crippen LogP contribution is 2.26. The molecule has 0 aliphatic carbocycles. The topological polar surface area (TPSA) is 172 Å². The molecular formula is C32H32Cl2N10O4. The highest BCUT2D eigenvalue weighted by atomic mass is 35.5. The van der Waals surface area contributed by atoms with E-state index in [0.29, 0.717) is 41.3 Å². The summed E-state index contributed by atoms with van der Waals surface area (Å²) in [5, 5.41) is 31.7. The van der Waals surface area contributed by atoms with Crippen molar-refractivity contribution in [2.24, 2.45) is 0 Å².